The van der Waals surface area contributed by atoms with Crippen molar-refractivity contribution in [3.63, 3.8) is 0 Å². The van der Waals surface area contributed by atoms with Gasteiger partial charge in [0.25, 0.3) is 0 Å². The van der Waals surface area contributed by atoms with Gasteiger partial charge in [-0.3, -0.25) is 24.3 Å². The number of thiophene rings is 1. The average Bonchev–Trinajstić information content (AvgIpc) is 3.28. The van der Waals surface area contributed by atoms with Crippen LogP contribution in [0, 0.1) is 5.92 Å². The van der Waals surface area contributed by atoms with Crippen LogP contribution in [0.15, 0.2) is 22.5 Å². The molecule has 164 valence electrons. The topological polar surface area (TPSA) is 70.1 Å². The lowest BCUT2D eigenvalue weighted by atomic mass is 9.80. The molecule has 2 fully saturated rings. The van der Waals surface area contributed by atoms with Crippen molar-refractivity contribution in [2.24, 2.45) is 10.9 Å². The third kappa shape index (κ3) is 6.32. The molecule has 0 unspecified atom stereocenters. The van der Waals surface area contributed by atoms with Crippen LogP contribution in [0.25, 0.3) is 0 Å². The summed E-state index contributed by atoms with van der Waals surface area (Å²) in [5.74, 6) is -0.377. The number of Topliss-reactive ketones (excluding diaryl/α,β-unsaturated/α-hetero) is 2. The van der Waals surface area contributed by atoms with Gasteiger partial charge >= 0.3 is 0 Å². The molecule has 1 aromatic heterocycles. The molecular weight excluding hydrogens is 398 g/mol. The van der Waals surface area contributed by atoms with Gasteiger partial charge < -0.3 is 4.90 Å². The number of unbranched alkanes of at least 4 members (excludes halogenated alkanes) is 2. The van der Waals surface area contributed by atoms with E-state index in [1.807, 2.05) is 22.4 Å². The van der Waals surface area contributed by atoms with Crippen molar-refractivity contribution in [3.05, 3.63) is 22.4 Å². The van der Waals surface area contributed by atoms with Crippen molar-refractivity contribution in [2.45, 2.75) is 51.4 Å². The average molecular weight is 432 g/mol. The zero-order valence-electron chi connectivity index (χ0n) is 17.9. The Hall–Kier alpha value is -1.86. The maximum absolute atomic E-state index is 12.4. The Morgan fingerprint density at radius 2 is 1.90 bits per heavy atom. The quantitative estimate of drug-likeness (QED) is 0.342. The van der Waals surface area contributed by atoms with Crippen molar-refractivity contribution in [3.8, 4) is 0 Å². The molecule has 2 heterocycles. The molecule has 0 atom stereocenters. The highest BCUT2D eigenvalue weighted by Crippen LogP contribution is 2.33. The SMILES string of the molecule is CCCCCC(=O)N1CCN(CCN=CC2C(=O)CC(c3cccs3)CC2=O)CC1. The van der Waals surface area contributed by atoms with E-state index in [0.29, 0.717) is 25.8 Å². The lowest BCUT2D eigenvalue weighted by molar-refractivity contribution is -0.134. The second-order valence-electron chi connectivity index (χ2n) is 8.27. The fourth-order valence-corrected chi connectivity index (χ4v) is 5.00. The smallest absolute Gasteiger partial charge is 0.222 e. The number of amides is 1. The minimum Gasteiger partial charge on any atom is -0.340 e. The highest BCUT2D eigenvalue weighted by Gasteiger charge is 2.35. The minimum absolute atomic E-state index is 0.0106. The fourth-order valence-electron chi connectivity index (χ4n) is 4.17. The summed E-state index contributed by atoms with van der Waals surface area (Å²) in [6.45, 7) is 6.79. The molecule has 0 N–H and O–H groups in total. The minimum atomic E-state index is -0.668. The van der Waals surface area contributed by atoms with Gasteiger partial charge in [0, 0.05) is 69.0 Å². The summed E-state index contributed by atoms with van der Waals surface area (Å²) < 4.78 is 0. The molecule has 0 bridgehead atoms. The van der Waals surface area contributed by atoms with Gasteiger partial charge in [0.1, 0.15) is 17.5 Å². The zero-order valence-corrected chi connectivity index (χ0v) is 18.7. The van der Waals surface area contributed by atoms with Gasteiger partial charge in [-0.05, 0) is 17.9 Å². The summed E-state index contributed by atoms with van der Waals surface area (Å²) in [5, 5.41) is 1.99. The molecule has 7 heteroatoms. The van der Waals surface area contributed by atoms with Crippen molar-refractivity contribution in [1.29, 1.82) is 0 Å². The predicted molar refractivity (Wildman–Crippen MR) is 120 cm³/mol. The molecule has 0 aromatic carbocycles. The van der Waals surface area contributed by atoms with E-state index in [0.717, 1.165) is 56.9 Å². The van der Waals surface area contributed by atoms with E-state index in [-0.39, 0.29) is 23.4 Å². The summed E-state index contributed by atoms with van der Waals surface area (Å²) >= 11 is 1.61. The molecule has 0 radical (unpaired) electrons. The lowest BCUT2D eigenvalue weighted by Crippen LogP contribution is -2.49. The predicted octanol–water partition coefficient (Wildman–Crippen LogP) is 3.18. The van der Waals surface area contributed by atoms with Crippen molar-refractivity contribution >= 4 is 35.0 Å². The number of nitrogens with zero attached hydrogens (tertiary/aromatic N) is 3. The van der Waals surface area contributed by atoms with Crippen molar-refractivity contribution < 1.29 is 14.4 Å². The first-order valence-corrected chi connectivity index (χ1v) is 12.0. The molecule has 0 spiro atoms. The first-order chi connectivity index (χ1) is 14.6. The normalized spacial score (nSPS) is 23.4. The molecule has 30 heavy (non-hydrogen) atoms. The number of hydrogen-bond donors (Lipinski definition) is 0. The number of ketones is 2. The maximum Gasteiger partial charge on any atom is 0.222 e. The molecule has 1 saturated heterocycles. The van der Waals surface area contributed by atoms with Crippen LogP contribution in [-0.2, 0) is 14.4 Å². The van der Waals surface area contributed by atoms with E-state index < -0.39 is 5.92 Å². The molecule has 1 aliphatic carbocycles. The van der Waals surface area contributed by atoms with Crippen LogP contribution in [0.5, 0.6) is 0 Å². The number of piperazine rings is 1. The van der Waals surface area contributed by atoms with E-state index in [1.54, 1.807) is 17.6 Å². The lowest BCUT2D eigenvalue weighted by Gasteiger charge is -2.34. The summed E-state index contributed by atoms with van der Waals surface area (Å²) in [7, 11) is 0. The Morgan fingerprint density at radius 1 is 1.17 bits per heavy atom. The molecule has 3 rings (SSSR count). The van der Waals surface area contributed by atoms with Crippen LogP contribution < -0.4 is 0 Å². The number of carbonyl (C=O) groups excluding carboxylic acids is 3. The van der Waals surface area contributed by atoms with Crippen LogP contribution in [0.2, 0.25) is 0 Å². The van der Waals surface area contributed by atoms with Crippen LogP contribution in [-0.4, -0.2) is 72.8 Å². The standard InChI is InChI=1S/C23H33N3O3S/c1-2-3-4-7-23(29)26-12-10-25(11-13-26)9-8-24-17-19-20(27)15-18(16-21(19)28)22-6-5-14-30-22/h5-6,14,17-19H,2-4,7-13,15-16H2,1H3. The third-order valence-corrected chi connectivity index (χ3v) is 7.09. The number of carbonyl (C=O) groups is 3. The van der Waals surface area contributed by atoms with Gasteiger partial charge in [0.2, 0.25) is 5.91 Å². The largest absolute Gasteiger partial charge is 0.340 e. The van der Waals surface area contributed by atoms with Gasteiger partial charge in [-0.15, -0.1) is 11.3 Å². The van der Waals surface area contributed by atoms with Crippen LogP contribution >= 0.6 is 11.3 Å². The molecular formula is C23H33N3O3S. The van der Waals surface area contributed by atoms with Gasteiger partial charge in [0.05, 0.1) is 6.54 Å². The van der Waals surface area contributed by atoms with Crippen molar-refractivity contribution in [1.82, 2.24) is 9.80 Å². The Bertz CT molecular complexity index is 721. The van der Waals surface area contributed by atoms with E-state index in [2.05, 4.69) is 16.8 Å². The number of aliphatic imine (C=N–C) groups is 1. The number of hydrogen-bond acceptors (Lipinski definition) is 6. The fraction of sp³-hybridized carbons (Fsp3) is 0.652. The second-order valence-corrected chi connectivity index (χ2v) is 9.24. The zero-order chi connectivity index (χ0) is 21.3. The summed E-state index contributed by atoms with van der Waals surface area (Å²) in [6.07, 6.45) is 6.32. The van der Waals surface area contributed by atoms with Crippen molar-refractivity contribution in [2.75, 3.05) is 39.3 Å². The Kier molecular flexibility index (Phi) is 8.75. The highest BCUT2D eigenvalue weighted by molar-refractivity contribution is 7.10. The number of rotatable bonds is 9. The van der Waals surface area contributed by atoms with E-state index in [4.69, 9.17) is 0 Å². The molecule has 1 saturated carbocycles. The third-order valence-electron chi connectivity index (χ3n) is 6.05. The second kappa shape index (κ2) is 11.5. The monoisotopic (exact) mass is 431 g/mol. The van der Waals surface area contributed by atoms with E-state index >= 15 is 0 Å². The molecule has 6 nitrogen and oxygen atoms in total. The first-order valence-electron chi connectivity index (χ1n) is 11.2. The highest BCUT2D eigenvalue weighted by atomic mass is 32.1. The molecule has 1 aliphatic heterocycles. The molecule has 1 aromatic rings. The van der Waals surface area contributed by atoms with Crippen LogP contribution in [0.3, 0.4) is 0 Å². The Labute approximate surface area is 183 Å². The van der Waals surface area contributed by atoms with E-state index in [9.17, 15) is 14.4 Å². The van der Waals surface area contributed by atoms with Gasteiger partial charge in [-0.25, -0.2) is 0 Å². The maximum atomic E-state index is 12.4. The summed E-state index contributed by atoms with van der Waals surface area (Å²) in [6, 6.07) is 3.97. The summed E-state index contributed by atoms with van der Waals surface area (Å²) in [5.41, 5.74) is 0. The first kappa shape index (κ1) is 22.8. The van der Waals surface area contributed by atoms with Gasteiger partial charge in [-0.2, -0.15) is 0 Å². The van der Waals surface area contributed by atoms with Crippen LogP contribution in [0.4, 0.5) is 0 Å². The molecule has 2 aliphatic rings. The summed E-state index contributed by atoms with van der Waals surface area (Å²) in [4.78, 5) is 46.9. The van der Waals surface area contributed by atoms with E-state index in [1.165, 1.54) is 0 Å². The van der Waals surface area contributed by atoms with Gasteiger partial charge in [0.15, 0.2) is 0 Å². The molecule has 1 amide bonds. The Balaban J connectivity index is 1.36. The van der Waals surface area contributed by atoms with Crippen LogP contribution in [0.1, 0.15) is 56.2 Å². The van der Waals surface area contributed by atoms with Gasteiger partial charge in [-0.1, -0.05) is 25.8 Å². The Morgan fingerprint density at radius 3 is 2.53 bits per heavy atom.